The minimum Gasteiger partial charge on any atom is -0.478 e. The summed E-state index contributed by atoms with van der Waals surface area (Å²) in [5.41, 5.74) is 1.77. The van der Waals surface area contributed by atoms with Crippen molar-refractivity contribution < 1.29 is 33.7 Å². The van der Waals surface area contributed by atoms with Gasteiger partial charge in [-0.1, -0.05) is 49.6 Å². The third kappa shape index (κ3) is 9.45. The standard InChI is InChI=1S/C15H16O4.C11H16O3/c1-11(14(16)17)8-9-12(2)15(18)19-10-13-6-4-3-5-7-13;1-7(2)11(12)13-6-8-3-4-9-10(5-8)14-9/h3-8H,2,9-10H2,1H3,(H,16,17);8-10H,1,3-6H2,2H3. The first kappa shape index (κ1) is 26.1. The highest BCUT2D eigenvalue weighted by molar-refractivity contribution is 5.89. The lowest BCUT2D eigenvalue weighted by Crippen LogP contribution is -2.20. The predicted molar refractivity (Wildman–Crippen MR) is 123 cm³/mol. The smallest absolute Gasteiger partial charge is 0.334 e. The molecule has 1 aromatic carbocycles. The number of aliphatic carboxylic acids is 1. The van der Waals surface area contributed by atoms with Gasteiger partial charge in [0.1, 0.15) is 6.61 Å². The topological polar surface area (TPSA) is 102 Å². The molecule has 1 saturated carbocycles. The quantitative estimate of drug-likeness (QED) is 0.334. The van der Waals surface area contributed by atoms with Crippen LogP contribution in [0.1, 0.15) is 45.1 Å². The summed E-state index contributed by atoms with van der Waals surface area (Å²) in [7, 11) is 0. The van der Waals surface area contributed by atoms with Crippen molar-refractivity contribution in [3.63, 3.8) is 0 Å². The van der Waals surface area contributed by atoms with Crippen molar-refractivity contribution in [2.45, 2.75) is 58.3 Å². The molecule has 3 atom stereocenters. The number of fused-ring (bicyclic) bond motifs is 1. The van der Waals surface area contributed by atoms with Crippen LogP contribution in [0.5, 0.6) is 0 Å². The first-order valence-electron chi connectivity index (χ1n) is 10.9. The summed E-state index contributed by atoms with van der Waals surface area (Å²) < 4.78 is 15.6. The molecule has 33 heavy (non-hydrogen) atoms. The number of hydrogen-bond acceptors (Lipinski definition) is 6. The number of carboxylic acids is 1. The minimum absolute atomic E-state index is 0.172. The first-order chi connectivity index (χ1) is 15.7. The molecule has 1 aromatic rings. The van der Waals surface area contributed by atoms with Gasteiger partial charge in [-0.2, -0.15) is 0 Å². The van der Waals surface area contributed by atoms with E-state index >= 15 is 0 Å². The SMILES string of the molecule is C=C(C)C(=O)OCC1CCC2OC2C1.C=C(CC=C(C)C(=O)O)C(=O)OCc1ccccc1. The largest absolute Gasteiger partial charge is 0.478 e. The summed E-state index contributed by atoms with van der Waals surface area (Å²) in [5, 5.41) is 8.67. The van der Waals surface area contributed by atoms with Crippen LogP contribution < -0.4 is 0 Å². The first-order valence-corrected chi connectivity index (χ1v) is 10.9. The van der Waals surface area contributed by atoms with Crippen LogP contribution in [0.4, 0.5) is 0 Å². The zero-order chi connectivity index (χ0) is 24.4. The Hall–Kier alpha value is -3.19. The van der Waals surface area contributed by atoms with Crippen molar-refractivity contribution in [2.75, 3.05) is 6.61 Å². The highest BCUT2D eigenvalue weighted by Crippen LogP contribution is 2.39. The molecule has 0 bridgehead atoms. The molecule has 7 heteroatoms. The molecule has 0 radical (unpaired) electrons. The van der Waals surface area contributed by atoms with Gasteiger partial charge in [0.25, 0.3) is 0 Å². The maximum Gasteiger partial charge on any atom is 0.334 e. The molecule has 1 heterocycles. The van der Waals surface area contributed by atoms with Crippen LogP contribution in [0.15, 0.2) is 66.3 Å². The molecule has 0 spiro atoms. The van der Waals surface area contributed by atoms with Crippen LogP contribution in [0.25, 0.3) is 0 Å². The number of carbonyl (C=O) groups excluding carboxylic acids is 2. The molecule has 2 fully saturated rings. The van der Waals surface area contributed by atoms with Crippen molar-refractivity contribution in [3.05, 3.63) is 71.8 Å². The Balaban J connectivity index is 0.000000243. The van der Waals surface area contributed by atoms with Gasteiger partial charge in [0.15, 0.2) is 0 Å². The fourth-order valence-electron chi connectivity index (χ4n) is 3.23. The van der Waals surface area contributed by atoms with E-state index in [2.05, 4.69) is 13.2 Å². The van der Waals surface area contributed by atoms with Crippen molar-refractivity contribution >= 4 is 17.9 Å². The number of allylic oxidation sites excluding steroid dienone is 1. The highest BCUT2D eigenvalue weighted by atomic mass is 16.6. The van der Waals surface area contributed by atoms with Crippen molar-refractivity contribution in [1.82, 2.24) is 0 Å². The molecule has 0 amide bonds. The van der Waals surface area contributed by atoms with Crippen LogP contribution >= 0.6 is 0 Å². The van der Waals surface area contributed by atoms with Gasteiger partial charge in [-0.25, -0.2) is 14.4 Å². The zero-order valence-corrected chi connectivity index (χ0v) is 19.2. The number of rotatable bonds is 9. The lowest BCUT2D eigenvalue weighted by molar-refractivity contribution is -0.141. The molecule has 3 rings (SSSR count). The summed E-state index contributed by atoms with van der Waals surface area (Å²) in [6, 6.07) is 9.30. The van der Waals surface area contributed by atoms with Crippen LogP contribution in [-0.2, 0) is 35.2 Å². The lowest BCUT2D eigenvalue weighted by atomic mass is 9.90. The van der Waals surface area contributed by atoms with E-state index in [-0.39, 0.29) is 30.1 Å². The Bertz CT molecular complexity index is 900. The number of hydrogen-bond donors (Lipinski definition) is 1. The maximum absolute atomic E-state index is 11.6. The molecule has 2 aliphatic rings. The normalized spacial score (nSPS) is 20.9. The number of epoxide rings is 1. The molecule has 0 aromatic heterocycles. The predicted octanol–water partition coefficient (Wildman–Crippen LogP) is 4.38. The fourth-order valence-corrected chi connectivity index (χ4v) is 3.23. The molecular formula is C26H32O7. The monoisotopic (exact) mass is 456 g/mol. The van der Waals surface area contributed by atoms with Crippen molar-refractivity contribution in [1.29, 1.82) is 0 Å². The van der Waals surface area contributed by atoms with Gasteiger partial charge in [-0.3, -0.25) is 0 Å². The number of esters is 2. The average molecular weight is 457 g/mol. The van der Waals surface area contributed by atoms with E-state index in [1.54, 1.807) is 6.92 Å². The van der Waals surface area contributed by atoms with Gasteiger partial charge < -0.3 is 19.3 Å². The number of benzene rings is 1. The number of ether oxygens (including phenoxy) is 3. The van der Waals surface area contributed by atoms with E-state index in [1.807, 2.05) is 30.3 Å². The Labute approximate surface area is 194 Å². The molecule has 178 valence electrons. The summed E-state index contributed by atoms with van der Waals surface area (Å²) in [6.45, 7) is 11.0. The van der Waals surface area contributed by atoms with Gasteiger partial charge in [-0.05, 0) is 51.0 Å². The van der Waals surface area contributed by atoms with Gasteiger partial charge in [0, 0.05) is 16.7 Å². The minimum atomic E-state index is -1.01. The summed E-state index contributed by atoms with van der Waals surface area (Å²) in [6.07, 6.45) is 5.87. The van der Waals surface area contributed by atoms with Gasteiger partial charge in [0.05, 0.1) is 18.8 Å². The van der Waals surface area contributed by atoms with Gasteiger partial charge >= 0.3 is 17.9 Å². The second kappa shape index (κ2) is 12.7. The van der Waals surface area contributed by atoms with Crippen LogP contribution in [-0.4, -0.2) is 41.8 Å². The summed E-state index contributed by atoms with van der Waals surface area (Å²) in [4.78, 5) is 33.3. The fraction of sp³-hybridized carbons (Fsp3) is 0.423. The van der Waals surface area contributed by atoms with E-state index in [0.29, 0.717) is 30.3 Å². The molecular weight excluding hydrogens is 424 g/mol. The van der Waals surface area contributed by atoms with E-state index in [1.165, 1.54) is 13.0 Å². The highest BCUT2D eigenvalue weighted by Gasteiger charge is 2.43. The van der Waals surface area contributed by atoms with E-state index < -0.39 is 11.9 Å². The lowest BCUT2D eigenvalue weighted by Gasteiger charge is -2.18. The molecule has 1 saturated heterocycles. The van der Waals surface area contributed by atoms with Crippen LogP contribution in [0, 0.1) is 5.92 Å². The molecule has 1 aliphatic carbocycles. The maximum atomic E-state index is 11.6. The third-order valence-electron chi connectivity index (χ3n) is 5.40. The Morgan fingerprint density at radius 3 is 2.36 bits per heavy atom. The van der Waals surface area contributed by atoms with E-state index in [0.717, 1.165) is 24.8 Å². The van der Waals surface area contributed by atoms with Crippen LogP contribution in [0.3, 0.4) is 0 Å². The molecule has 7 nitrogen and oxygen atoms in total. The van der Waals surface area contributed by atoms with Crippen molar-refractivity contribution in [2.24, 2.45) is 5.92 Å². The second-order valence-electron chi connectivity index (χ2n) is 8.33. The molecule has 1 N–H and O–H groups in total. The number of carbonyl (C=O) groups is 3. The second-order valence-corrected chi connectivity index (χ2v) is 8.33. The van der Waals surface area contributed by atoms with E-state index in [9.17, 15) is 14.4 Å². The van der Waals surface area contributed by atoms with Gasteiger partial charge in [0.2, 0.25) is 0 Å². The molecule has 3 unspecified atom stereocenters. The molecule has 1 aliphatic heterocycles. The van der Waals surface area contributed by atoms with Crippen LogP contribution in [0.2, 0.25) is 0 Å². The third-order valence-corrected chi connectivity index (χ3v) is 5.40. The average Bonchev–Trinajstić information content (AvgIpc) is 3.59. The Kier molecular flexibility index (Phi) is 10.1. The van der Waals surface area contributed by atoms with Crippen molar-refractivity contribution in [3.8, 4) is 0 Å². The Morgan fingerprint density at radius 2 is 1.76 bits per heavy atom. The summed E-state index contributed by atoms with van der Waals surface area (Å²) in [5.74, 6) is -1.31. The summed E-state index contributed by atoms with van der Waals surface area (Å²) >= 11 is 0. The number of carboxylic acid groups (broad SMARTS) is 1. The van der Waals surface area contributed by atoms with E-state index in [4.69, 9.17) is 19.3 Å². The van der Waals surface area contributed by atoms with Gasteiger partial charge in [-0.15, -0.1) is 0 Å². The zero-order valence-electron chi connectivity index (χ0n) is 19.2. The Morgan fingerprint density at radius 1 is 1.06 bits per heavy atom.